The fraction of sp³-hybridized carbons (Fsp3) is 0.545. The zero-order valence-corrected chi connectivity index (χ0v) is 9.93. The fourth-order valence-corrected chi connectivity index (χ4v) is 2.08. The average Bonchev–Trinajstić information content (AvgIpc) is 2.64. The lowest BCUT2D eigenvalue weighted by Crippen LogP contribution is -2.26. The normalized spacial score (nSPS) is 12.5. The van der Waals surface area contributed by atoms with E-state index in [-0.39, 0.29) is 12.0 Å². The number of aliphatic hydroxyl groups is 1. The van der Waals surface area contributed by atoms with Crippen molar-refractivity contribution >= 4 is 17.2 Å². The number of nitrogens with one attached hydrogen (secondary N) is 1. The van der Waals surface area contributed by atoms with Crippen LogP contribution in [-0.2, 0) is 0 Å². The molecule has 1 atom stereocenters. The van der Waals surface area contributed by atoms with Crippen molar-refractivity contribution in [2.24, 2.45) is 0 Å². The maximum atomic E-state index is 11.6. The van der Waals surface area contributed by atoms with E-state index < -0.39 is 0 Å². The van der Waals surface area contributed by atoms with Gasteiger partial charge in [0.25, 0.3) is 5.91 Å². The molecule has 1 heterocycles. The van der Waals surface area contributed by atoms with E-state index in [0.717, 1.165) is 16.9 Å². The Morgan fingerprint density at radius 1 is 1.67 bits per heavy atom. The highest BCUT2D eigenvalue weighted by molar-refractivity contribution is 7.12. The number of thiophene rings is 1. The van der Waals surface area contributed by atoms with Gasteiger partial charge in [0.15, 0.2) is 0 Å². The van der Waals surface area contributed by atoms with Gasteiger partial charge >= 0.3 is 0 Å². The van der Waals surface area contributed by atoms with Crippen LogP contribution in [0.25, 0.3) is 0 Å². The Balaban J connectivity index is 2.34. The summed E-state index contributed by atoms with van der Waals surface area (Å²) in [6, 6.07) is 1.93. The van der Waals surface area contributed by atoms with Gasteiger partial charge in [-0.25, -0.2) is 0 Å². The molecule has 1 aromatic heterocycles. The molecule has 0 aliphatic heterocycles. The maximum absolute atomic E-state index is 11.6. The van der Waals surface area contributed by atoms with Gasteiger partial charge < -0.3 is 10.4 Å². The van der Waals surface area contributed by atoms with Crippen LogP contribution in [0, 0.1) is 6.92 Å². The van der Waals surface area contributed by atoms with E-state index in [0.29, 0.717) is 13.0 Å². The first-order chi connectivity index (χ1) is 7.15. The van der Waals surface area contributed by atoms with Crippen molar-refractivity contribution in [1.29, 1.82) is 0 Å². The van der Waals surface area contributed by atoms with Crippen molar-refractivity contribution in [3.05, 3.63) is 21.9 Å². The van der Waals surface area contributed by atoms with Gasteiger partial charge in [0.1, 0.15) is 0 Å². The van der Waals surface area contributed by atoms with Crippen molar-refractivity contribution in [1.82, 2.24) is 5.32 Å². The Bertz CT molecular complexity index is 322. The maximum Gasteiger partial charge on any atom is 0.261 e. The quantitative estimate of drug-likeness (QED) is 0.807. The monoisotopic (exact) mass is 227 g/mol. The molecule has 1 amide bonds. The highest BCUT2D eigenvalue weighted by atomic mass is 32.1. The number of carbonyl (C=O) groups is 1. The molecule has 0 radical (unpaired) electrons. The van der Waals surface area contributed by atoms with Crippen LogP contribution in [0.15, 0.2) is 11.4 Å². The van der Waals surface area contributed by atoms with Crippen LogP contribution in [0.1, 0.15) is 35.0 Å². The molecule has 1 rings (SSSR count). The molecule has 0 aliphatic carbocycles. The number of hydrogen-bond donors (Lipinski definition) is 2. The first-order valence-corrected chi connectivity index (χ1v) is 6.03. The molecular formula is C11H17NO2S. The third-order valence-corrected chi connectivity index (χ3v) is 3.32. The summed E-state index contributed by atoms with van der Waals surface area (Å²) in [4.78, 5) is 12.4. The van der Waals surface area contributed by atoms with Crippen LogP contribution in [0.4, 0.5) is 0 Å². The summed E-state index contributed by atoms with van der Waals surface area (Å²) in [5.41, 5.74) is 1.01. The third-order valence-electron chi connectivity index (χ3n) is 2.30. The summed E-state index contributed by atoms with van der Waals surface area (Å²) in [6.07, 6.45) is 1.04. The lowest BCUT2D eigenvalue weighted by Gasteiger charge is -2.08. The first-order valence-electron chi connectivity index (χ1n) is 5.15. The zero-order chi connectivity index (χ0) is 11.3. The van der Waals surface area contributed by atoms with E-state index in [1.165, 1.54) is 11.3 Å². The van der Waals surface area contributed by atoms with E-state index in [2.05, 4.69) is 5.32 Å². The van der Waals surface area contributed by atoms with Gasteiger partial charge in [-0.15, -0.1) is 11.3 Å². The minimum absolute atomic E-state index is 0.0363. The molecule has 0 spiro atoms. The van der Waals surface area contributed by atoms with Crippen molar-refractivity contribution in [3.63, 3.8) is 0 Å². The van der Waals surface area contributed by atoms with Gasteiger partial charge in [0.05, 0.1) is 11.0 Å². The molecule has 0 bridgehead atoms. The second-order valence-corrected chi connectivity index (χ2v) is 4.46. The Morgan fingerprint density at radius 2 is 2.40 bits per heavy atom. The predicted molar refractivity (Wildman–Crippen MR) is 62.3 cm³/mol. The molecule has 1 unspecified atom stereocenters. The van der Waals surface area contributed by atoms with E-state index >= 15 is 0 Å². The molecule has 0 saturated heterocycles. The van der Waals surface area contributed by atoms with Crippen molar-refractivity contribution in [2.75, 3.05) is 6.54 Å². The molecule has 4 heteroatoms. The lowest BCUT2D eigenvalue weighted by molar-refractivity contribution is 0.0945. The number of hydrogen-bond acceptors (Lipinski definition) is 3. The first kappa shape index (κ1) is 12.2. The van der Waals surface area contributed by atoms with Crippen molar-refractivity contribution in [2.45, 2.75) is 32.8 Å². The molecular weight excluding hydrogens is 210 g/mol. The summed E-state index contributed by atoms with van der Waals surface area (Å²) in [5, 5.41) is 14.0. The summed E-state index contributed by atoms with van der Waals surface area (Å²) in [7, 11) is 0. The number of carbonyl (C=O) groups excluding carboxylic acids is 1. The molecule has 15 heavy (non-hydrogen) atoms. The third kappa shape index (κ3) is 3.64. The van der Waals surface area contributed by atoms with Crippen LogP contribution < -0.4 is 5.32 Å². The predicted octanol–water partition coefficient (Wildman–Crippen LogP) is 1.95. The Kier molecular flexibility index (Phi) is 4.78. The molecule has 0 aromatic carbocycles. The molecule has 0 aliphatic rings. The van der Waals surface area contributed by atoms with E-state index in [1.807, 2.05) is 25.3 Å². The van der Waals surface area contributed by atoms with E-state index in [9.17, 15) is 9.90 Å². The smallest absolute Gasteiger partial charge is 0.261 e. The Labute approximate surface area is 94.1 Å². The van der Waals surface area contributed by atoms with Gasteiger partial charge in [-0.1, -0.05) is 6.92 Å². The second kappa shape index (κ2) is 5.88. The highest BCUT2D eigenvalue weighted by Crippen LogP contribution is 2.14. The van der Waals surface area contributed by atoms with Crippen LogP contribution in [0.5, 0.6) is 0 Å². The molecule has 2 N–H and O–H groups in total. The van der Waals surface area contributed by atoms with E-state index in [4.69, 9.17) is 0 Å². The number of rotatable bonds is 5. The zero-order valence-electron chi connectivity index (χ0n) is 9.12. The Morgan fingerprint density at radius 3 is 2.93 bits per heavy atom. The Hall–Kier alpha value is -0.870. The number of aryl methyl sites for hydroxylation is 1. The summed E-state index contributed by atoms with van der Waals surface area (Å²) < 4.78 is 0. The van der Waals surface area contributed by atoms with Gasteiger partial charge in [-0.2, -0.15) is 0 Å². The molecule has 0 fully saturated rings. The highest BCUT2D eigenvalue weighted by Gasteiger charge is 2.09. The largest absolute Gasteiger partial charge is 0.393 e. The summed E-state index contributed by atoms with van der Waals surface area (Å²) >= 11 is 1.45. The molecule has 84 valence electrons. The van der Waals surface area contributed by atoms with Gasteiger partial charge in [0, 0.05) is 6.54 Å². The van der Waals surface area contributed by atoms with Crippen LogP contribution in [0.3, 0.4) is 0 Å². The average molecular weight is 227 g/mol. The molecule has 0 saturated carbocycles. The van der Waals surface area contributed by atoms with Crippen LogP contribution in [0.2, 0.25) is 0 Å². The lowest BCUT2D eigenvalue weighted by atomic mass is 10.2. The van der Waals surface area contributed by atoms with Crippen LogP contribution in [-0.4, -0.2) is 23.7 Å². The minimum atomic E-state index is -0.310. The van der Waals surface area contributed by atoms with Crippen LogP contribution >= 0.6 is 11.3 Å². The van der Waals surface area contributed by atoms with Crippen molar-refractivity contribution in [3.8, 4) is 0 Å². The number of amides is 1. The van der Waals surface area contributed by atoms with E-state index in [1.54, 1.807) is 0 Å². The summed E-state index contributed by atoms with van der Waals surface area (Å²) in [5.74, 6) is -0.0363. The molecule has 3 nitrogen and oxygen atoms in total. The van der Waals surface area contributed by atoms with Gasteiger partial charge in [0.2, 0.25) is 0 Å². The topological polar surface area (TPSA) is 49.3 Å². The second-order valence-electron chi connectivity index (χ2n) is 3.54. The SMILES string of the molecule is CCC(O)CCNC(=O)c1sccc1C. The number of aliphatic hydroxyl groups excluding tert-OH is 1. The van der Waals surface area contributed by atoms with Gasteiger partial charge in [-0.3, -0.25) is 4.79 Å². The summed E-state index contributed by atoms with van der Waals surface area (Å²) in [6.45, 7) is 4.38. The van der Waals surface area contributed by atoms with Gasteiger partial charge in [-0.05, 0) is 36.8 Å². The minimum Gasteiger partial charge on any atom is -0.393 e. The van der Waals surface area contributed by atoms with Crippen molar-refractivity contribution < 1.29 is 9.90 Å². The standard InChI is InChI=1S/C11H17NO2S/c1-3-9(13)4-6-12-11(14)10-8(2)5-7-15-10/h5,7,9,13H,3-4,6H2,1-2H3,(H,12,14). The fourth-order valence-electron chi connectivity index (χ4n) is 1.24. The molecule has 1 aromatic rings.